The second-order valence-corrected chi connectivity index (χ2v) is 6.16. The van der Waals surface area contributed by atoms with Crippen LogP contribution in [0, 0.1) is 0 Å². The highest BCUT2D eigenvalue weighted by molar-refractivity contribution is 5.88. The summed E-state index contributed by atoms with van der Waals surface area (Å²) >= 11 is 0. The van der Waals surface area contributed by atoms with Crippen LogP contribution >= 0.6 is 0 Å². The Hall–Kier alpha value is -1.92. The molecule has 1 saturated heterocycles. The Balaban J connectivity index is 1.80. The summed E-state index contributed by atoms with van der Waals surface area (Å²) in [6.07, 6.45) is 2.01. The topological polar surface area (TPSA) is 72.9 Å². The van der Waals surface area contributed by atoms with Crippen molar-refractivity contribution in [1.29, 1.82) is 0 Å². The molecule has 2 N–H and O–H groups in total. The second kappa shape index (κ2) is 9.39. The van der Waals surface area contributed by atoms with Crippen molar-refractivity contribution in [1.82, 2.24) is 15.1 Å². The van der Waals surface area contributed by atoms with Crippen LogP contribution in [0.4, 0.5) is 0 Å². The number of hydrogen-bond donors (Lipinski definition) is 2. The number of carbonyl (C=O) groups is 2. The Morgan fingerprint density at radius 1 is 1.38 bits per heavy atom. The van der Waals surface area contributed by atoms with E-state index in [1.807, 2.05) is 23.1 Å². The highest BCUT2D eigenvalue weighted by Crippen LogP contribution is 2.09. The van der Waals surface area contributed by atoms with Gasteiger partial charge in [0.1, 0.15) is 0 Å². The summed E-state index contributed by atoms with van der Waals surface area (Å²) in [6, 6.07) is 9.78. The molecule has 0 bridgehead atoms. The van der Waals surface area contributed by atoms with Gasteiger partial charge in [0, 0.05) is 33.2 Å². The molecule has 6 nitrogen and oxygen atoms in total. The first-order valence-corrected chi connectivity index (χ1v) is 8.52. The zero-order valence-electron chi connectivity index (χ0n) is 14.3. The average molecular weight is 333 g/mol. The van der Waals surface area contributed by atoms with Crippen molar-refractivity contribution >= 4 is 11.8 Å². The Morgan fingerprint density at radius 3 is 2.83 bits per heavy atom. The maximum Gasteiger partial charge on any atom is 0.240 e. The second-order valence-electron chi connectivity index (χ2n) is 6.16. The number of hydrogen-bond acceptors (Lipinski definition) is 4. The summed E-state index contributed by atoms with van der Waals surface area (Å²) in [6.45, 7) is 2.33. The molecule has 6 heteroatoms. The third-order valence-corrected chi connectivity index (χ3v) is 4.36. The van der Waals surface area contributed by atoms with Gasteiger partial charge in [-0.05, 0) is 18.4 Å². The van der Waals surface area contributed by atoms with Gasteiger partial charge in [-0.2, -0.15) is 0 Å². The molecule has 0 aromatic heterocycles. The van der Waals surface area contributed by atoms with Crippen LogP contribution in [0.25, 0.3) is 0 Å². The molecule has 2 rings (SSSR count). The lowest BCUT2D eigenvalue weighted by atomic mass is 10.1. The molecule has 0 spiro atoms. The zero-order valence-corrected chi connectivity index (χ0v) is 14.3. The average Bonchev–Trinajstić information content (AvgIpc) is 2.59. The molecule has 1 unspecified atom stereocenters. The lowest BCUT2D eigenvalue weighted by molar-refractivity contribution is -0.140. The molecule has 1 aromatic carbocycles. The van der Waals surface area contributed by atoms with E-state index in [-0.39, 0.29) is 24.8 Å². The highest BCUT2D eigenvalue weighted by atomic mass is 16.3. The quantitative estimate of drug-likeness (QED) is 0.716. The summed E-state index contributed by atoms with van der Waals surface area (Å²) in [7, 11) is 1.64. The maximum atomic E-state index is 12.5. The van der Waals surface area contributed by atoms with Gasteiger partial charge in [-0.25, -0.2) is 0 Å². The van der Waals surface area contributed by atoms with Crippen molar-refractivity contribution in [3.63, 3.8) is 0 Å². The van der Waals surface area contributed by atoms with Crippen molar-refractivity contribution in [3.05, 3.63) is 35.9 Å². The Morgan fingerprint density at radius 2 is 2.12 bits per heavy atom. The number of amides is 2. The Bertz CT molecular complexity index is 536. The van der Waals surface area contributed by atoms with E-state index < -0.39 is 6.04 Å². The normalized spacial score (nSPS) is 17.8. The van der Waals surface area contributed by atoms with Crippen molar-refractivity contribution in [2.75, 3.05) is 39.8 Å². The molecule has 1 aliphatic heterocycles. The van der Waals surface area contributed by atoms with E-state index in [0.29, 0.717) is 26.2 Å². The monoisotopic (exact) mass is 333 g/mol. The minimum Gasteiger partial charge on any atom is -0.395 e. The fraction of sp³-hybridized carbons (Fsp3) is 0.556. The smallest absolute Gasteiger partial charge is 0.240 e. The van der Waals surface area contributed by atoms with Gasteiger partial charge in [-0.1, -0.05) is 30.3 Å². The molecule has 1 heterocycles. The van der Waals surface area contributed by atoms with Crippen LogP contribution in [0.1, 0.15) is 18.4 Å². The summed E-state index contributed by atoms with van der Waals surface area (Å²) in [5.74, 6) is -0.124. The molecular formula is C18H27N3O3. The van der Waals surface area contributed by atoms with E-state index in [0.717, 1.165) is 12.8 Å². The van der Waals surface area contributed by atoms with Gasteiger partial charge in [-0.15, -0.1) is 0 Å². The summed E-state index contributed by atoms with van der Waals surface area (Å²) in [5.41, 5.74) is 1.28. The number of piperazine rings is 1. The molecule has 0 saturated carbocycles. The SMILES string of the molecule is CN(CCO)C(=O)CC1NCCN(CCCc2ccccc2)C1=O. The molecule has 2 amide bonds. The molecule has 24 heavy (non-hydrogen) atoms. The van der Waals surface area contributed by atoms with Gasteiger partial charge in [0.15, 0.2) is 0 Å². The first kappa shape index (κ1) is 18.4. The third kappa shape index (κ3) is 5.32. The third-order valence-electron chi connectivity index (χ3n) is 4.36. The number of likely N-dealkylation sites (N-methyl/N-ethyl adjacent to an activating group) is 1. The van der Waals surface area contributed by atoms with Gasteiger partial charge in [0.2, 0.25) is 11.8 Å². The number of rotatable bonds is 8. The standard InChI is InChI=1S/C18H27N3O3/c1-20(12-13-22)17(23)14-16-18(24)21(11-9-19-16)10-5-8-15-6-3-2-4-7-15/h2-4,6-7,16,19,22H,5,8-14H2,1H3. The number of benzene rings is 1. The Kier molecular flexibility index (Phi) is 7.21. The minimum atomic E-state index is -0.455. The number of carbonyl (C=O) groups excluding carboxylic acids is 2. The van der Waals surface area contributed by atoms with Gasteiger partial charge in [-0.3, -0.25) is 9.59 Å². The number of aliphatic hydroxyl groups is 1. The largest absolute Gasteiger partial charge is 0.395 e. The molecule has 1 atom stereocenters. The lowest BCUT2D eigenvalue weighted by Gasteiger charge is -2.33. The van der Waals surface area contributed by atoms with Crippen LogP contribution in [0.2, 0.25) is 0 Å². The van der Waals surface area contributed by atoms with Gasteiger partial charge in [0.05, 0.1) is 19.1 Å². The van der Waals surface area contributed by atoms with Crippen LogP contribution in [0.15, 0.2) is 30.3 Å². The van der Waals surface area contributed by atoms with E-state index in [1.165, 1.54) is 10.5 Å². The predicted molar refractivity (Wildman–Crippen MR) is 92.5 cm³/mol. The van der Waals surface area contributed by atoms with E-state index >= 15 is 0 Å². The molecule has 1 aromatic rings. The fourth-order valence-corrected chi connectivity index (χ4v) is 2.90. The van der Waals surface area contributed by atoms with Gasteiger partial charge < -0.3 is 20.2 Å². The molecule has 1 fully saturated rings. The van der Waals surface area contributed by atoms with Crippen molar-refractivity contribution < 1.29 is 14.7 Å². The molecular weight excluding hydrogens is 306 g/mol. The highest BCUT2D eigenvalue weighted by Gasteiger charge is 2.30. The number of aryl methyl sites for hydroxylation is 1. The van der Waals surface area contributed by atoms with Crippen LogP contribution in [0.3, 0.4) is 0 Å². The van der Waals surface area contributed by atoms with E-state index in [4.69, 9.17) is 5.11 Å². The summed E-state index contributed by atoms with van der Waals surface area (Å²) in [4.78, 5) is 27.9. The number of aliphatic hydroxyl groups excluding tert-OH is 1. The first-order valence-electron chi connectivity index (χ1n) is 8.52. The summed E-state index contributed by atoms with van der Waals surface area (Å²) < 4.78 is 0. The van der Waals surface area contributed by atoms with Crippen molar-refractivity contribution in [2.24, 2.45) is 0 Å². The number of nitrogens with one attached hydrogen (secondary N) is 1. The predicted octanol–water partition coefficient (Wildman–Crippen LogP) is 0.260. The van der Waals surface area contributed by atoms with E-state index in [2.05, 4.69) is 17.4 Å². The molecule has 132 valence electrons. The number of nitrogens with zero attached hydrogens (tertiary/aromatic N) is 2. The zero-order chi connectivity index (χ0) is 17.4. The molecule has 0 radical (unpaired) electrons. The maximum absolute atomic E-state index is 12.5. The van der Waals surface area contributed by atoms with Crippen LogP contribution in [-0.2, 0) is 16.0 Å². The van der Waals surface area contributed by atoms with Crippen molar-refractivity contribution in [3.8, 4) is 0 Å². The Labute approximate surface area is 143 Å². The van der Waals surface area contributed by atoms with E-state index in [1.54, 1.807) is 7.05 Å². The van der Waals surface area contributed by atoms with Crippen LogP contribution in [-0.4, -0.2) is 72.6 Å². The first-order chi connectivity index (χ1) is 11.6. The fourth-order valence-electron chi connectivity index (χ4n) is 2.90. The van der Waals surface area contributed by atoms with Gasteiger partial charge >= 0.3 is 0 Å². The van der Waals surface area contributed by atoms with Gasteiger partial charge in [0.25, 0.3) is 0 Å². The minimum absolute atomic E-state index is 0.0000557. The molecule has 1 aliphatic rings. The van der Waals surface area contributed by atoms with Crippen molar-refractivity contribution in [2.45, 2.75) is 25.3 Å². The summed E-state index contributed by atoms with van der Waals surface area (Å²) in [5, 5.41) is 12.0. The van der Waals surface area contributed by atoms with Crippen LogP contribution in [0.5, 0.6) is 0 Å². The van der Waals surface area contributed by atoms with Crippen LogP contribution < -0.4 is 5.32 Å². The molecule has 0 aliphatic carbocycles. The lowest BCUT2D eigenvalue weighted by Crippen LogP contribution is -2.56. The van der Waals surface area contributed by atoms with E-state index in [9.17, 15) is 9.59 Å².